The maximum absolute atomic E-state index is 12.2. The van der Waals surface area contributed by atoms with Gasteiger partial charge in [-0.05, 0) is 38.5 Å². The highest BCUT2D eigenvalue weighted by atomic mass is 32.2. The van der Waals surface area contributed by atoms with Crippen molar-refractivity contribution in [2.24, 2.45) is 0 Å². The largest absolute Gasteiger partial charge is 0.478 e. The van der Waals surface area contributed by atoms with E-state index in [0.29, 0.717) is 12.2 Å². The van der Waals surface area contributed by atoms with Crippen molar-refractivity contribution >= 4 is 16.0 Å². The first-order chi connectivity index (χ1) is 9.27. The zero-order chi connectivity index (χ0) is 15.3. The Morgan fingerprint density at radius 1 is 1.45 bits per heavy atom. The number of carboxylic acids is 1. The van der Waals surface area contributed by atoms with Crippen molar-refractivity contribution in [2.75, 3.05) is 13.2 Å². The van der Waals surface area contributed by atoms with Gasteiger partial charge in [-0.1, -0.05) is 6.07 Å². The third kappa shape index (κ3) is 4.29. The van der Waals surface area contributed by atoms with Gasteiger partial charge < -0.3 is 9.84 Å². The van der Waals surface area contributed by atoms with Crippen molar-refractivity contribution in [2.45, 2.75) is 31.8 Å². The summed E-state index contributed by atoms with van der Waals surface area (Å²) in [4.78, 5) is 10.9. The van der Waals surface area contributed by atoms with Gasteiger partial charge in [-0.3, -0.25) is 0 Å². The van der Waals surface area contributed by atoms with Crippen molar-refractivity contribution in [1.29, 1.82) is 0 Å². The molecule has 7 heteroatoms. The van der Waals surface area contributed by atoms with E-state index in [1.165, 1.54) is 12.1 Å². The predicted molar refractivity (Wildman–Crippen MR) is 74.4 cm³/mol. The fraction of sp³-hybridized carbons (Fsp3) is 0.462. The second-order valence-electron chi connectivity index (χ2n) is 4.40. The molecule has 20 heavy (non-hydrogen) atoms. The van der Waals surface area contributed by atoms with Crippen LogP contribution in [-0.2, 0) is 14.8 Å². The molecule has 0 amide bonds. The van der Waals surface area contributed by atoms with Gasteiger partial charge in [0, 0.05) is 13.2 Å². The number of aryl methyl sites for hydroxylation is 1. The quantitative estimate of drug-likeness (QED) is 0.794. The number of ether oxygens (including phenoxy) is 1. The molecule has 6 nitrogen and oxygen atoms in total. The molecule has 0 aromatic heterocycles. The fourth-order valence-electron chi connectivity index (χ4n) is 1.67. The molecule has 0 saturated heterocycles. The summed E-state index contributed by atoms with van der Waals surface area (Å²) < 4.78 is 32.0. The lowest BCUT2D eigenvalue weighted by molar-refractivity contribution is 0.0696. The number of rotatable bonds is 7. The Morgan fingerprint density at radius 3 is 2.65 bits per heavy atom. The second kappa shape index (κ2) is 6.83. The van der Waals surface area contributed by atoms with Crippen LogP contribution in [0.25, 0.3) is 0 Å². The maximum atomic E-state index is 12.2. The van der Waals surface area contributed by atoms with E-state index in [1.54, 1.807) is 13.8 Å². The summed E-state index contributed by atoms with van der Waals surface area (Å²) in [6, 6.07) is 4.01. The molecule has 0 bridgehead atoms. The minimum absolute atomic E-state index is 0.0268. The highest BCUT2D eigenvalue weighted by molar-refractivity contribution is 7.89. The number of carbonyl (C=O) groups is 1. The third-order valence-corrected chi connectivity index (χ3v) is 4.30. The Hall–Kier alpha value is -1.44. The topological polar surface area (TPSA) is 92.7 Å². The molecule has 0 fully saturated rings. The van der Waals surface area contributed by atoms with Crippen molar-refractivity contribution in [1.82, 2.24) is 4.72 Å². The SMILES string of the molecule is CCOC(C)CNS(=O)(=O)c1cc(C(=O)O)ccc1C. The van der Waals surface area contributed by atoms with Crippen LogP contribution in [0, 0.1) is 6.92 Å². The van der Waals surface area contributed by atoms with Crippen LogP contribution >= 0.6 is 0 Å². The smallest absolute Gasteiger partial charge is 0.335 e. The standard InChI is InChI=1S/C13H19NO5S/c1-4-19-10(3)8-14-20(17,18)12-7-11(13(15)16)6-5-9(12)2/h5-7,10,14H,4,8H2,1-3H3,(H,15,16). The van der Waals surface area contributed by atoms with Crippen molar-refractivity contribution < 1.29 is 23.1 Å². The van der Waals surface area contributed by atoms with E-state index >= 15 is 0 Å². The van der Waals surface area contributed by atoms with Crippen LogP contribution in [-0.4, -0.2) is 38.7 Å². The number of benzene rings is 1. The molecule has 2 N–H and O–H groups in total. The van der Waals surface area contributed by atoms with Crippen LogP contribution in [0.4, 0.5) is 0 Å². The van der Waals surface area contributed by atoms with Crippen LogP contribution < -0.4 is 4.72 Å². The molecule has 0 radical (unpaired) electrons. The van der Waals surface area contributed by atoms with Crippen LogP contribution in [0.3, 0.4) is 0 Å². The summed E-state index contributed by atoms with van der Waals surface area (Å²) in [7, 11) is -3.75. The van der Waals surface area contributed by atoms with Crippen LogP contribution in [0.2, 0.25) is 0 Å². The van der Waals surface area contributed by atoms with Crippen molar-refractivity contribution in [3.63, 3.8) is 0 Å². The summed E-state index contributed by atoms with van der Waals surface area (Å²) in [5.74, 6) is -1.16. The average molecular weight is 301 g/mol. The number of hydrogen-bond acceptors (Lipinski definition) is 4. The first-order valence-corrected chi connectivity index (χ1v) is 7.71. The number of sulfonamides is 1. The van der Waals surface area contributed by atoms with E-state index < -0.39 is 16.0 Å². The lowest BCUT2D eigenvalue weighted by atomic mass is 10.1. The highest BCUT2D eigenvalue weighted by Crippen LogP contribution is 2.17. The first-order valence-electron chi connectivity index (χ1n) is 6.23. The summed E-state index contributed by atoms with van der Waals surface area (Å²) in [6.07, 6.45) is -0.252. The van der Waals surface area contributed by atoms with Gasteiger partial charge in [0.2, 0.25) is 10.0 Å². The van der Waals surface area contributed by atoms with Gasteiger partial charge in [-0.2, -0.15) is 0 Å². The maximum Gasteiger partial charge on any atom is 0.335 e. The molecule has 0 saturated carbocycles. The van der Waals surface area contributed by atoms with Crippen LogP contribution in [0.1, 0.15) is 29.8 Å². The Balaban J connectivity index is 2.97. The molecule has 0 aliphatic heterocycles. The normalized spacial score (nSPS) is 13.2. The van der Waals surface area contributed by atoms with Gasteiger partial charge in [0.1, 0.15) is 0 Å². The minimum atomic E-state index is -3.75. The minimum Gasteiger partial charge on any atom is -0.478 e. The molecule has 0 aliphatic rings. The molecule has 1 unspecified atom stereocenters. The van der Waals surface area contributed by atoms with E-state index in [-0.39, 0.29) is 23.1 Å². The van der Waals surface area contributed by atoms with E-state index in [1.807, 2.05) is 6.92 Å². The lowest BCUT2D eigenvalue weighted by Crippen LogP contribution is -2.32. The van der Waals surface area contributed by atoms with Gasteiger partial charge in [0.05, 0.1) is 16.6 Å². The summed E-state index contributed by atoms with van der Waals surface area (Å²) in [5.41, 5.74) is 0.431. The van der Waals surface area contributed by atoms with Crippen molar-refractivity contribution in [3.05, 3.63) is 29.3 Å². The zero-order valence-electron chi connectivity index (χ0n) is 11.7. The monoisotopic (exact) mass is 301 g/mol. The Kier molecular flexibility index (Phi) is 5.67. The number of hydrogen-bond donors (Lipinski definition) is 2. The number of aromatic carboxylic acids is 1. The molecule has 0 spiro atoms. The molecular weight excluding hydrogens is 282 g/mol. The summed E-state index contributed by atoms with van der Waals surface area (Å²) in [5, 5.41) is 8.92. The van der Waals surface area contributed by atoms with E-state index in [4.69, 9.17) is 9.84 Å². The van der Waals surface area contributed by atoms with Gasteiger partial charge in [-0.25, -0.2) is 17.9 Å². The number of nitrogens with one attached hydrogen (secondary N) is 1. The lowest BCUT2D eigenvalue weighted by Gasteiger charge is -2.14. The van der Waals surface area contributed by atoms with E-state index in [0.717, 1.165) is 6.07 Å². The Bertz CT molecular complexity index is 582. The average Bonchev–Trinajstić information content (AvgIpc) is 2.37. The van der Waals surface area contributed by atoms with Gasteiger partial charge >= 0.3 is 5.97 Å². The van der Waals surface area contributed by atoms with E-state index in [9.17, 15) is 13.2 Å². The fourth-order valence-corrected chi connectivity index (χ4v) is 3.05. The molecule has 0 heterocycles. The Morgan fingerprint density at radius 2 is 2.10 bits per heavy atom. The predicted octanol–water partition coefficient (Wildman–Crippen LogP) is 1.40. The second-order valence-corrected chi connectivity index (χ2v) is 6.14. The van der Waals surface area contributed by atoms with Gasteiger partial charge in [-0.15, -0.1) is 0 Å². The third-order valence-electron chi connectivity index (χ3n) is 2.74. The molecule has 1 aromatic rings. The molecule has 112 valence electrons. The Labute approximate surface area is 118 Å². The number of carboxylic acid groups (broad SMARTS) is 1. The molecular formula is C13H19NO5S. The molecule has 0 aliphatic carbocycles. The zero-order valence-corrected chi connectivity index (χ0v) is 12.5. The van der Waals surface area contributed by atoms with Crippen LogP contribution in [0.5, 0.6) is 0 Å². The molecule has 1 atom stereocenters. The van der Waals surface area contributed by atoms with Gasteiger partial charge in [0.25, 0.3) is 0 Å². The van der Waals surface area contributed by atoms with Gasteiger partial charge in [0.15, 0.2) is 0 Å². The molecule has 1 aromatic carbocycles. The van der Waals surface area contributed by atoms with Crippen LogP contribution in [0.15, 0.2) is 23.1 Å². The highest BCUT2D eigenvalue weighted by Gasteiger charge is 2.19. The first kappa shape index (κ1) is 16.6. The summed E-state index contributed by atoms with van der Waals surface area (Å²) in [6.45, 7) is 5.83. The molecule has 1 rings (SSSR count). The summed E-state index contributed by atoms with van der Waals surface area (Å²) >= 11 is 0. The van der Waals surface area contributed by atoms with Crippen molar-refractivity contribution in [3.8, 4) is 0 Å². The van der Waals surface area contributed by atoms with E-state index in [2.05, 4.69) is 4.72 Å².